The first kappa shape index (κ1) is 13.8. The van der Waals surface area contributed by atoms with Crippen LogP contribution in [0.2, 0.25) is 0 Å². The van der Waals surface area contributed by atoms with Gasteiger partial charge in [0, 0.05) is 19.0 Å². The Balaban J connectivity index is 1.92. The number of nitrogens with zero attached hydrogens (tertiary/aromatic N) is 3. The molecule has 0 bridgehead atoms. The molecule has 19 heavy (non-hydrogen) atoms. The Morgan fingerprint density at radius 2 is 2.11 bits per heavy atom. The van der Waals surface area contributed by atoms with Gasteiger partial charge in [0.05, 0.1) is 0 Å². The Labute approximate surface area is 113 Å². The fourth-order valence-corrected chi connectivity index (χ4v) is 2.26. The molecule has 1 aliphatic rings. The number of carbonyl (C=O) groups excluding carboxylic acids is 1. The summed E-state index contributed by atoms with van der Waals surface area (Å²) >= 11 is 0. The van der Waals surface area contributed by atoms with Crippen molar-refractivity contribution in [2.75, 3.05) is 0 Å². The van der Waals surface area contributed by atoms with E-state index >= 15 is 0 Å². The van der Waals surface area contributed by atoms with Crippen molar-refractivity contribution in [2.24, 2.45) is 7.05 Å². The summed E-state index contributed by atoms with van der Waals surface area (Å²) in [7, 11) is 1.90. The van der Waals surface area contributed by atoms with Gasteiger partial charge in [0.1, 0.15) is 5.82 Å². The Hall–Kier alpha value is -1.65. The van der Waals surface area contributed by atoms with E-state index in [-0.39, 0.29) is 12.6 Å². The summed E-state index contributed by atoms with van der Waals surface area (Å²) in [6.07, 6.45) is 8.08. The number of aryl methyl sites for hydroxylation is 1. The molecule has 0 fully saturated rings. The fraction of sp³-hybridized carbons (Fsp3) is 0.643. The van der Waals surface area contributed by atoms with Gasteiger partial charge >= 0.3 is 5.97 Å². The highest BCUT2D eigenvalue weighted by Crippen LogP contribution is 2.18. The first-order valence-electron chi connectivity index (χ1n) is 6.95. The molecule has 1 aromatic heterocycles. The molecular weight excluding hydrogens is 242 g/mol. The van der Waals surface area contributed by atoms with Crippen LogP contribution in [0, 0.1) is 0 Å². The molecule has 0 spiro atoms. The van der Waals surface area contributed by atoms with Crippen LogP contribution in [-0.2, 0) is 29.6 Å². The van der Waals surface area contributed by atoms with Gasteiger partial charge in [-0.1, -0.05) is 19.4 Å². The minimum absolute atomic E-state index is 0.194. The first-order valence-corrected chi connectivity index (χ1v) is 6.95. The predicted molar refractivity (Wildman–Crippen MR) is 71.3 cm³/mol. The summed E-state index contributed by atoms with van der Waals surface area (Å²) in [6, 6.07) is 0. The first-order chi connectivity index (χ1) is 9.22. The maximum atomic E-state index is 12.0. The van der Waals surface area contributed by atoms with Gasteiger partial charge in [0.15, 0.2) is 12.4 Å². The molecule has 0 unspecified atom stereocenters. The molecule has 1 aliphatic carbocycles. The summed E-state index contributed by atoms with van der Waals surface area (Å²) in [5.74, 6) is 1.39. The highest BCUT2D eigenvalue weighted by atomic mass is 16.5. The molecule has 0 aliphatic heterocycles. The molecule has 0 radical (unpaired) electrons. The molecule has 0 aromatic carbocycles. The number of ether oxygens (including phenoxy) is 1. The zero-order chi connectivity index (χ0) is 13.7. The van der Waals surface area contributed by atoms with E-state index in [0.29, 0.717) is 5.82 Å². The van der Waals surface area contributed by atoms with Gasteiger partial charge in [-0.25, -0.2) is 4.79 Å². The van der Waals surface area contributed by atoms with Gasteiger partial charge in [0.2, 0.25) is 0 Å². The molecule has 104 valence electrons. The summed E-state index contributed by atoms with van der Waals surface area (Å²) in [5, 5.41) is 8.09. The Bertz CT molecular complexity index is 477. The molecule has 0 N–H and O–H groups in total. The highest BCUT2D eigenvalue weighted by Gasteiger charge is 2.15. The number of rotatable bonds is 4. The maximum Gasteiger partial charge on any atom is 0.334 e. The van der Waals surface area contributed by atoms with Crippen LogP contribution >= 0.6 is 0 Å². The second-order valence-corrected chi connectivity index (χ2v) is 4.85. The standard InChI is InChI=1S/C14H21N3O2/c1-3-12-15-16-13(17(12)2)10-19-14(18)11-8-6-4-5-7-9-11/h8H,3-7,9-10H2,1-2H3. The van der Waals surface area contributed by atoms with Crippen molar-refractivity contribution < 1.29 is 9.53 Å². The molecule has 5 nitrogen and oxygen atoms in total. The topological polar surface area (TPSA) is 57.0 Å². The van der Waals surface area contributed by atoms with Gasteiger partial charge in [-0.05, 0) is 25.7 Å². The van der Waals surface area contributed by atoms with E-state index < -0.39 is 0 Å². The molecule has 0 saturated heterocycles. The normalized spacial score (nSPS) is 15.8. The van der Waals surface area contributed by atoms with Crippen molar-refractivity contribution in [3.63, 3.8) is 0 Å². The van der Waals surface area contributed by atoms with E-state index in [1.807, 2.05) is 24.6 Å². The molecule has 0 atom stereocenters. The lowest BCUT2D eigenvalue weighted by Gasteiger charge is -2.07. The van der Waals surface area contributed by atoms with Crippen molar-refractivity contribution in [3.05, 3.63) is 23.3 Å². The van der Waals surface area contributed by atoms with Crippen LogP contribution < -0.4 is 0 Å². The van der Waals surface area contributed by atoms with E-state index in [9.17, 15) is 4.79 Å². The van der Waals surface area contributed by atoms with Gasteiger partial charge in [-0.15, -0.1) is 10.2 Å². The second-order valence-electron chi connectivity index (χ2n) is 4.85. The summed E-state index contributed by atoms with van der Waals surface area (Å²) in [5.41, 5.74) is 0.815. The minimum atomic E-state index is -0.206. The Kier molecular flexibility index (Phi) is 4.71. The number of carbonyl (C=O) groups is 1. The number of hydrogen-bond donors (Lipinski definition) is 0. The van der Waals surface area contributed by atoms with E-state index in [2.05, 4.69) is 10.2 Å². The van der Waals surface area contributed by atoms with E-state index in [1.165, 1.54) is 12.8 Å². The number of esters is 1. The van der Waals surface area contributed by atoms with Crippen molar-refractivity contribution in [2.45, 2.75) is 52.1 Å². The maximum absolute atomic E-state index is 12.0. The Morgan fingerprint density at radius 1 is 1.32 bits per heavy atom. The Morgan fingerprint density at radius 3 is 2.84 bits per heavy atom. The van der Waals surface area contributed by atoms with Crippen LogP contribution in [0.15, 0.2) is 11.6 Å². The van der Waals surface area contributed by atoms with Gasteiger partial charge < -0.3 is 9.30 Å². The smallest absolute Gasteiger partial charge is 0.334 e. The lowest BCUT2D eigenvalue weighted by Crippen LogP contribution is -2.11. The molecule has 5 heteroatoms. The quantitative estimate of drug-likeness (QED) is 0.782. The average molecular weight is 263 g/mol. The zero-order valence-electron chi connectivity index (χ0n) is 11.7. The zero-order valence-corrected chi connectivity index (χ0v) is 11.7. The van der Waals surface area contributed by atoms with Crippen molar-refractivity contribution in [3.8, 4) is 0 Å². The number of allylic oxidation sites excluding steroid dienone is 1. The van der Waals surface area contributed by atoms with Crippen LogP contribution in [0.3, 0.4) is 0 Å². The van der Waals surface area contributed by atoms with Crippen LogP contribution in [0.25, 0.3) is 0 Å². The number of aromatic nitrogens is 3. The lowest BCUT2D eigenvalue weighted by atomic mass is 10.1. The fourth-order valence-electron chi connectivity index (χ4n) is 2.26. The van der Waals surface area contributed by atoms with E-state index in [0.717, 1.165) is 37.1 Å². The second kappa shape index (κ2) is 6.50. The van der Waals surface area contributed by atoms with Crippen LogP contribution in [0.5, 0.6) is 0 Å². The van der Waals surface area contributed by atoms with Gasteiger partial charge in [-0.2, -0.15) is 0 Å². The minimum Gasteiger partial charge on any atom is -0.454 e. The van der Waals surface area contributed by atoms with Gasteiger partial charge in [0.25, 0.3) is 0 Å². The number of hydrogen-bond acceptors (Lipinski definition) is 4. The molecule has 0 saturated carbocycles. The van der Waals surface area contributed by atoms with E-state index in [1.54, 1.807) is 0 Å². The van der Waals surface area contributed by atoms with Crippen LogP contribution in [0.1, 0.15) is 50.7 Å². The van der Waals surface area contributed by atoms with Crippen LogP contribution in [-0.4, -0.2) is 20.7 Å². The monoisotopic (exact) mass is 263 g/mol. The predicted octanol–water partition coefficient (Wildman–Crippen LogP) is 2.31. The van der Waals surface area contributed by atoms with Crippen molar-refractivity contribution in [1.82, 2.24) is 14.8 Å². The third-order valence-electron chi connectivity index (χ3n) is 3.51. The van der Waals surface area contributed by atoms with Crippen LogP contribution in [0.4, 0.5) is 0 Å². The van der Waals surface area contributed by atoms with Crippen molar-refractivity contribution in [1.29, 1.82) is 0 Å². The molecule has 2 rings (SSSR count). The lowest BCUT2D eigenvalue weighted by molar-refractivity contribution is -0.140. The van der Waals surface area contributed by atoms with Crippen molar-refractivity contribution >= 4 is 5.97 Å². The largest absolute Gasteiger partial charge is 0.454 e. The molecule has 1 aromatic rings. The summed E-state index contributed by atoms with van der Waals surface area (Å²) in [6.45, 7) is 2.22. The van der Waals surface area contributed by atoms with Gasteiger partial charge in [-0.3, -0.25) is 0 Å². The third-order valence-corrected chi connectivity index (χ3v) is 3.51. The molecule has 0 amide bonds. The highest BCUT2D eigenvalue weighted by molar-refractivity contribution is 5.88. The molecular formula is C14H21N3O2. The average Bonchev–Trinajstić information content (AvgIpc) is 2.64. The third kappa shape index (κ3) is 3.43. The SMILES string of the molecule is CCc1nnc(COC(=O)C2=CCCCCC2)n1C. The summed E-state index contributed by atoms with van der Waals surface area (Å²) in [4.78, 5) is 12.0. The molecule has 1 heterocycles. The van der Waals surface area contributed by atoms with E-state index in [4.69, 9.17) is 4.74 Å². The summed E-state index contributed by atoms with van der Waals surface area (Å²) < 4.78 is 7.21.